The van der Waals surface area contributed by atoms with Gasteiger partial charge in [-0.15, -0.1) is 10.2 Å². The topological polar surface area (TPSA) is 76.9 Å². The Morgan fingerprint density at radius 3 is 2.65 bits per heavy atom. The van der Waals surface area contributed by atoms with E-state index in [9.17, 15) is 21.6 Å². The second-order valence-corrected chi connectivity index (χ2v) is 7.65. The van der Waals surface area contributed by atoms with Crippen LogP contribution in [0.4, 0.5) is 13.2 Å². The number of aromatic nitrogens is 3. The van der Waals surface area contributed by atoms with Crippen LogP contribution in [0.3, 0.4) is 0 Å². The van der Waals surface area contributed by atoms with Crippen molar-refractivity contribution in [1.82, 2.24) is 19.5 Å². The Bertz CT molecular complexity index is 892. The number of alkyl halides is 3. The predicted molar refractivity (Wildman–Crippen MR) is 89.1 cm³/mol. The van der Waals surface area contributed by atoms with Gasteiger partial charge in [-0.3, -0.25) is 0 Å². The standard InChI is InChI=1S/C16H17F3N4O2S/c17-16(18,19)13-6-7-14-21-22-15(23(14)11-13)10-20-26(24,25)9-8-12-4-2-1-3-5-12/h1-5,8-9,13,20H,6-7,10-11H2. The van der Waals surface area contributed by atoms with E-state index in [4.69, 9.17) is 0 Å². The summed E-state index contributed by atoms with van der Waals surface area (Å²) in [5.41, 5.74) is 0.714. The van der Waals surface area contributed by atoms with Gasteiger partial charge in [-0.05, 0) is 18.1 Å². The summed E-state index contributed by atoms with van der Waals surface area (Å²) in [5, 5.41) is 8.70. The summed E-state index contributed by atoms with van der Waals surface area (Å²) in [6.07, 6.45) is -2.73. The van der Waals surface area contributed by atoms with E-state index in [1.807, 2.05) is 6.07 Å². The summed E-state index contributed by atoms with van der Waals surface area (Å²) in [5.74, 6) is -0.857. The molecule has 1 aromatic carbocycles. The van der Waals surface area contributed by atoms with Crippen molar-refractivity contribution in [2.75, 3.05) is 0 Å². The zero-order valence-electron chi connectivity index (χ0n) is 13.6. The fraction of sp³-hybridized carbons (Fsp3) is 0.375. The number of hydrogen-bond acceptors (Lipinski definition) is 4. The van der Waals surface area contributed by atoms with Crippen LogP contribution < -0.4 is 4.72 Å². The van der Waals surface area contributed by atoms with Crippen molar-refractivity contribution < 1.29 is 21.6 Å². The highest BCUT2D eigenvalue weighted by Gasteiger charge is 2.42. The number of hydrogen-bond donors (Lipinski definition) is 1. The lowest BCUT2D eigenvalue weighted by Gasteiger charge is -2.26. The maximum atomic E-state index is 12.9. The van der Waals surface area contributed by atoms with Crippen LogP contribution in [0.2, 0.25) is 0 Å². The van der Waals surface area contributed by atoms with Gasteiger partial charge >= 0.3 is 6.18 Å². The van der Waals surface area contributed by atoms with Gasteiger partial charge in [0.25, 0.3) is 0 Å². The van der Waals surface area contributed by atoms with E-state index in [1.165, 1.54) is 10.6 Å². The van der Waals surface area contributed by atoms with Crippen molar-refractivity contribution in [3.8, 4) is 0 Å². The normalized spacial score (nSPS) is 18.2. The first kappa shape index (κ1) is 18.6. The Kier molecular flexibility index (Phi) is 5.15. The highest BCUT2D eigenvalue weighted by Crippen LogP contribution is 2.34. The molecule has 1 aliphatic heterocycles. The van der Waals surface area contributed by atoms with Crippen molar-refractivity contribution >= 4 is 16.1 Å². The van der Waals surface area contributed by atoms with Crippen LogP contribution >= 0.6 is 0 Å². The average molecular weight is 386 g/mol. The molecule has 0 radical (unpaired) electrons. The molecule has 2 aromatic rings. The average Bonchev–Trinajstić information content (AvgIpc) is 3.01. The molecule has 0 bridgehead atoms. The molecule has 1 N–H and O–H groups in total. The van der Waals surface area contributed by atoms with E-state index in [0.717, 1.165) is 5.41 Å². The van der Waals surface area contributed by atoms with Crippen LogP contribution in [-0.4, -0.2) is 29.4 Å². The molecule has 10 heteroatoms. The van der Waals surface area contributed by atoms with E-state index >= 15 is 0 Å². The van der Waals surface area contributed by atoms with Crippen molar-refractivity contribution in [3.63, 3.8) is 0 Å². The number of sulfonamides is 1. The molecular formula is C16H17F3N4O2S. The molecule has 0 saturated carbocycles. The Hall–Kier alpha value is -2.20. The van der Waals surface area contributed by atoms with Gasteiger partial charge in [0.15, 0.2) is 0 Å². The van der Waals surface area contributed by atoms with E-state index in [1.54, 1.807) is 24.3 Å². The van der Waals surface area contributed by atoms with Gasteiger partial charge in [-0.2, -0.15) is 13.2 Å². The molecule has 140 valence electrons. The fourth-order valence-electron chi connectivity index (χ4n) is 2.73. The predicted octanol–water partition coefficient (Wildman–Crippen LogP) is 2.49. The molecular weight excluding hydrogens is 369 g/mol. The van der Waals surface area contributed by atoms with Crippen molar-refractivity contribution in [1.29, 1.82) is 0 Å². The largest absolute Gasteiger partial charge is 0.393 e. The summed E-state index contributed by atoms with van der Waals surface area (Å²) < 4.78 is 66.6. The first-order valence-corrected chi connectivity index (χ1v) is 9.50. The monoisotopic (exact) mass is 386 g/mol. The van der Waals surface area contributed by atoms with E-state index < -0.39 is 22.1 Å². The zero-order chi connectivity index (χ0) is 18.8. The Labute approximate surface area is 148 Å². The molecule has 0 spiro atoms. The molecule has 2 heterocycles. The van der Waals surface area contributed by atoms with Crippen LogP contribution in [-0.2, 0) is 29.5 Å². The zero-order valence-corrected chi connectivity index (χ0v) is 14.5. The summed E-state index contributed by atoms with van der Waals surface area (Å²) in [4.78, 5) is 0. The number of nitrogens with one attached hydrogen (secondary N) is 1. The number of aryl methyl sites for hydroxylation is 1. The van der Waals surface area contributed by atoms with Crippen LogP contribution in [0.1, 0.15) is 23.6 Å². The maximum Gasteiger partial charge on any atom is 0.393 e. The summed E-state index contributed by atoms with van der Waals surface area (Å²) >= 11 is 0. The second-order valence-electron chi connectivity index (χ2n) is 6.00. The Morgan fingerprint density at radius 1 is 1.23 bits per heavy atom. The molecule has 0 fully saturated rings. The summed E-state index contributed by atoms with van der Waals surface area (Å²) in [6, 6.07) is 8.86. The van der Waals surface area contributed by atoms with Crippen LogP contribution in [0, 0.1) is 5.92 Å². The van der Waals surface area contributed by atoms with Gasteiger partial charge in [-0.25, -0.2) is 13.1 Å². The molecule has 6 nitrogen and oxygen atoms in total. The highest BCUT2D eigenvalue weighted by molar-refractivity contribution is 7.92. The van der Waals surface area contributed by atoms with Gasteiger partial charge < -0.3 is 4.57 Å². The lowest BCUT2D eigenvalue weighted by Crippen LogP contribution is -2.33. The summed E-state index contributed by atoms with van der Waals surface area (Å²) in [6.45, 7) is -0.512. The number of nitrogens with zero attached hydrogens (tertiary/aromatic N) is 3. The molecule has 1 atom stereocenters. The SMILES string of the molecule is O=S(=O)(C=Cc1ccccc1)NCc1nnc2n1CC(C(F)(F)F)CC2. The maximum absolute atomic E-state index is 12.9. The van der Waals surface area contributed by atoms with Gasteiger partial charge in [0.2, 0.25) is 10.0 Å². The van der Waals surface area contributed by atoms with Gasteiger partial charge in [0, 0.05) is 18.4 Å². The van der Waals surface area contributed by atoms with Crippen LogP contribution in [0.15, 0.2) is 35.7 Å². The lowest BCUT2D eigenvalue weighted by molar-refractivity contribution is -0.182. The van der Waals surface area contributed by atoms with Gasteiger partial charge in [-0.1, -0.05) is 30.3 Å². The highest BCUT2D eigenvalue weighted by atomic mass is 32.2. The smallest absolute Gasteiger partial charge is 0.313 e. The fourth-order valence-corrected chi connectivity index (χ4v) is 3.49. The number of halogens is 3. The third kappa shape index (κ3) is 4.50. The molecule has 0 aliphatic carbocycles. The summed E-state index contributed by atoms with van der Waals surface area (Å²) in [7, 11) is -3.76. The van der Waals surface area contributed by atoms with E-state index in [0.29, 0.717) is 11.4 Å². The van der Waals surface area contributed by atoms with Gasteiger partial charge in [0.1, 0.15) is 11.6 Å². The molecule has 1 aliphatic rings. The third-order valence-corrected chi connectivity index (χ3v) is 5.20. The Balaban J connectivity index is 1.67. The lowest BCUT2D eigenvalue weighted by atomic mass is 9.99. The Morgan fingerprint density at radius 2 is 1.96 bits per heavy atom. The molecule has 1 unspecified atom stereocenters. The molecule has 1 aromatic heterocycles. The number of fused-ring (bicyclic) bond motifs is 1. The van der Waals surface area contributed by atoms with Crippen molar-refractivity contribution in [3.05, 3.63) is 53.0 Å². The molecule has 0 saturated heterocycles. The van der Waals surface area contributed by atoms with Crippen molar-refractivity contribution in [2.24, 2.45) is 5.92 Å². The van der Waals surface area contributed by atoms with E-state index in [2.05, 4.69) is 14.9 Å². The molecule has 0 amide bonds. The van der Waals surface area contributed by atoms with Crippen LogP contribution in [0.25, 0.3) is 6.08 Å². The van der Waals surface area contributed by atoms with Crippen molar-refractivity contribution in [2.45, 2.75) is 32.1 Å². The van der Waals surface area contributed by atoms with Crippen LogP contribution in [0.5, 0.6) is 0 Å². The third-order valence-electron chi connectivity index (χ3n) is 4.16. The minimum atomic E-state index is -4.29. The first-order chi connectivity index (χ1) is 12.2. The number of rotatable bonds is 5. The quantitative estimate of drug-likeness (QED) is 0.857. The second kappa shape index (κ2) is 7.20. The van der Waals surface area contributed by atoms with Gasteiger partial charge in [0.05, 0.1) is 12.5 Å². The molecule has 26 heavy (non-hydrogen) atoms. The number of benzene rings is 1. The minimum Gasteiger partial charge on any atom is -0.313 e. The minimum absolute atomic E-state index is 0.0345. The molecule has 3 rings (SSSR count). The first-order valence-electron chi connectivity index (χ1n) is 7.95. The van der Waals surface area contributed by atoms with E-state index in [-0.39, 0.29) is 31.8 Å².